The number of carbonyl (C=O) groups is 1. The van der Waals surface area contributed by atoms with Crippen LogP contribution in [0.4, 0.5) is 0 Å². The molecule has 0 radical (unpaired) electrons. The highest BCUT2D eigenvalue weighted by Crippen LogP contribution is 2.26. The molecule has 1 aromatic carbocycles. The summed E-state index contributed by atoms with van der Waals surface area (Å²) in [6.45, 7) is 5.68. The monoisotopic (exact) mass is 265 g/mol. The molecule has 0 aromatic heterocycles. The van der Waals surface area contributed by atoms with Gasteiger partial charge in [0.1, 0.15) is 5.75 Å². The van der Waals surface area contributed by atoms with Crippen LogP contribution in [0.3, 0.4) is 0 Å². The third-order valence-corrected chi connectivity index (χ3v) is 2.76. The van der Waals surface area contributed by atoms with Crippen LogP contribution < -0.4 is 10.1 Å². The molecule has 1 unspecified atom stereocenters. The smallest absolute Gasteiger partial charge is 0.344 e. The average Bonchev–Trinajstić information content (AvgIpc) is 2.38. The highest BCUT2D eigenvalue weighted by Gasteiger charge is 2.14. The zero-order valence-electron chi connectivity index (χ0n) is 12.1. The molecule has 1 rings (SSSR count). The van der Waals surface area contributed by atoms with E-state index in [0.29, 0.717) is 0 Å². The van der Waals surface area contributed by atoms with E-state index in [4.69, 9.17) is 9.47 Å². The molecule has 0 aliphatic carbocycles. The van der Waals surface area contributed by atoms with E-state index in [1.165, 1.54) is 0 Å². The van der Waals surface area contributed by atoms with E-state index in [9.17, 15) is 4.79 Å². The fraction of sp³-hybridized carbons (Fsp3) is 0.533. The number of ether oxygens (including phenoxy) is 2. The Bertz CT molecular complexity index is 400. The van der Waals surface area contributed by atoms with Gasteiger partial charge in [0.25, 0.3) is 0 Å². The first-order valence-electron chi connectivity index (χ1n) is 6.67. The molecule has 0 heterocycles. The molecule has 0 saturated carbocycles. The van der Waals surface area contributed by atoms with Crippen molar-refractivity contribution in [3.63, 3.8) is 0 Å². The summed E-state index contributed by atoms with van der Waals surface area (Å²) in [7, 11) is 1.91. The summed E-state index contributed by atoms with van der Waals surface area (Å²) in [6, 6.07) is 7.97. The van der Waals surface area contributed by atoms with Crippen LogP contribution in [0.15, 0.2) is 24.3 Å². The van der Waals surface area contributed by atoms with Gasteiger partial charge in [0.05, 0.1) is 6.10 Å². The summed E-state index contributed by atoms with van der Waals surface area (Å²) in [5.41, 5.74) is 1.06. The predicted octanol–water partition coefficient (Wildman–Crippen LogP) is 2.69. The third kappa shape index (κ3) is 4.91. The fourth-order valence-corrected chi connectivity index (χ4v) is 1.91. The Morgan fingerprint density at radius 3 is 2.58 bits per heavy atom. The highest BCUT2D eigenvalue weighted by molar-refractivity contribution is 5.71. The zero-order valence-corrected chi connectivity index (χ0v) is 12.1. The van der Waals surface area contributed by atoms with Gasteiger partial charge < -0.3 is 14.8 Å². The second kappa shape index (κ2) is 7.79. The van der Waals surface area contributed by atoms with Crippen LogP contribution in [-0.4, -0.2) is 25.7 Å². The molecule has 1 N–H and O–H groups in total. The fourth-order valence-electron chi connectivity index (χ4n) is 1.91. The van der Waals surface area contributed by atoms with Crippen molar-refractivity contribution in [3.05, 3.63) is 29.8 Å². The molecule has 1 atom stereocenters. The first-order valence-corrected chi connectivity index (χ1v) is 6.67. The SMILES string of the molecule is CCC(NC)c1ccccc1OCC(=O)OC(C)C. The molecule has 4 nitrogen and oxygen atoms in total. The van der Waals surface area contributed by atoms with E-state index in [1.54, 1.807) is 0 Å². The summed E-state index contributed by atoms with van der Waals surface area (Å²) >= 11 is 0. The zero-order chi connectivity index (χ0) is 14.3. The lowest BCUT2D eigenvalue weighted by Crippen LogP contribution is -2.21. The number of rotatable bonds is 7. The van der Waals surface area contributed by atoms with Gasteiger partial charge in [-0.1, -0.05) is 25.1 Å². The number of hydrogen-bond donors (Lipinski definition) is 1. The van der Waals surface area contributed by atoms with Crippen molar-refractivity contribution in [3.8, 4) is 5.75 Å². The van der Waals surface area contributed by atoms with Gasteiger partial charge in [-0.15, -0.1) is 0 Å². The lowest BCUT2D eigenvalue weighted by atomic mass is 10.0. The number of carbonyl (C=O) groups excluding carboxylic acids is 1. The van der Waals surface area contributed by atoms with Crippen LogP contribution in [0, 0.1) is 0 Å². The summed E-state index contributed by atoms with van der Waals surface area (Å²) in [6.07, 6.45) is 0.833. The van der Waals surface area contributed by atoms with Gasteiger partial charge in [0.15, 0.2) is 6.61 Å². The van der Waals surface area contributed by atoms with Crippen molar-refractivity contribution in [2.75, 3.05) is 13.7 Å². The second-order valence-corrected chi connectivity index (χ2v) is 4.61. The molecule has 0 amide bonds. The van der Waals surface area contributed by atoms with Gasteiger partial charge in [-0.3, -0.25) is 0 Å². The Morgan fingerprint density at radius 1 is 1.32 bits per heavy atom. The van der Waals surface area contributed by atoms with Crippen LogP contribution in [0.25, 0.3) is 0 Å². The lowest BCUT2D eigenvalue weighted by Gasteiger charge is -2.18. The van der Waals surface area contributed by atoms with E-state index in [0.717, 1.165) is 17.7 Å². The van der Waals surface area contributed by atoms with Crippen molar-refractivity contribution >= 4 is 5.97 Å². The average molecular weight is 265 g/mol. The minimum absolute atomic E-state index is 0.0602. The standard InChI is InChI=1S/C15H23NO3/c1-5-13(16-4)12-8-6-7-9-14(12)18-10-15(17)19-11(2)3/h6-9,11,13,16H,5,10H2,1-4H3. The molecule has 0 fully saturated rings. The van der Waals surface area contributed by atoms with E-state index in [2.05, 4.69) is 12.2 Å². The first kappa shape index (κ1) is 15.5. The van der Waals surface area contributed by atoms with Crippen LogP contribution in [0.5, 0.6) is 5.75 Å². The number of nitrogens with one attached hydrogen (secondary N) is 1. The van der Waals surface area contributed by atoms with E-state index >= 15 is 0 Å². The third-order valence-electron chi connectivity index (χ3n) is 2.76. The van der Waals surface area contributed by atoms with Crippen molar-refractivity contribution in [2.45, 2.75) is 39.3 Å². The van der Waals surface area contributed by atoms with Crippen molar-refractivity contribution in [1.29, 1.82) is 0 Å². The van der Waals surface area contributed by atoms with Gasteiger partial charge in [-0.05, 0) is 33.4 Å². The van der Waals surface area contributed by atoms with E-state index in [1.807, 2.05) is 45.2 Å². The molecule has 106 valence electrons. The maximum absolute atomic E-state index is 11.5. The summed E-state index contributed by atoms with van der Waals surface area (Å²) in [5, 5.41) is 3.23. The minimum Gasteiger partial charge on any atom is -0.482 e. The Hall–Kier alpha value is -1.55. The molecular formula is C15H23NO3. The van der Waals surface area contributed by atoms with E-state index in [-0.39, 0.29) is 24.7 Å². The van der Waals surface area contributed by atoms with E-state index < -0.39 is 0 Å². The quantitative estimate of drug-likeness (QED) is 0.770. The Balaban J connectivity index is 2.70. The molecule has 1 aromatic rings. The molecule has 0 aliphatic rings. The normalized spacial score (nSPS) is 12.3. The highest BCUT2D eigenvalue weighted by atomic mass is 16.6. The van der Waals surface area contributed by atoms with Gasteiger partial charge in [-0.25, -0.2) is 4.79 Å². The maximum atomic E-state index is 11.5. The Morgan fingerprint density at radius 2 is 2.00 bits per heavy atom. The summed E-state index contributed by atoms with van der Waals surface area (Å²) in [5.74, 6) is 0.381. The van der Waals surface area contributed by atoms with Gasteiger partial charge >= 0.3 is 5.97 Å². The van der Waals surface area contributed by atoms with Gasteiger partial charge in [0.2, 0.25) is 0 Å². The molecule has 4 heteroatoms. The predicted molar refractivity (Wildman–Crippen MR) is 75.3 cm³/mol. The minimum atomic E-state index is -0.345. The largest absolute Gasteiger partial charge is 0.482 e. The van der Waals surface area contributed by atoms with Crippen molar-refractivity contribution < 1.29 is 14.3 Å². The van der Waals surface area contributed by atoms with Crippen molar-refractivity contribution in [2.24, 2.45) is 0 Å². The number of benzene rings is 1. The summed E-state index contributed by atoms with van der Waals surface area (Å²) in [4.78, 5) is 11.5. The molecule has 0 aliphatic heterocycles. The van der Waals surface area contributed by atoms with Crippen LogP contribution in [0.1, 0.15) is 38.8 Å². The molecule has 19 heavy (non-hydrogen) atoms. The Labute approximate surface area is 115 Å². The first-order chi connectivity index (χ1) is 9.08. The number of para-hydroxylation sites is 1. The van der Waals surface area contributed by atoms with Crippen LogP contribution in [0.2, 0.25) is 0 Å². The van der Waals surface area contributed by atoms with Crippen LogP contribution in [-0.2, 0) is 9.53 Å². The van der Waals surface area contributed by atoms with Gasteiger partial charge in [-0.2, -0.15) is 0 Å². The van der Waals surface area contributed by atoms with Gasteiger partial charge in [0, 0.05) is 11.6 Å². The van der Waals surface area contributed by atoms with Crippen molar-refractivity contribution in [1.82, 2.24) is 5.32 Å². The molecule has 0 bridgehead atoms. The summed E-state index contributed by atoms with van der Waals surface area (Å²) < 4.78 is 10.6. The lowest BCUT2D eigenvalue weighted by molar-refractivity contribution is -0.149. The topological polar surface area (TPSA) is 47.6 Å². The van der Waals surface area contributed by atoms with Crippen LogP contribution >= 0.6 is 0 Å². The molecule has 0 saturated heterocycles. The number of hydrogen-bond acceptors (Lipinski definition) is 4. The maximum Gasteiger partial charge on any atom is 0.344 e. The second-order valence-electron chi connectivity index (χ2n) is 4.61. The molecular weight excluding hydrogens is 242 g/mol. The molecule has 0 spiro atoms. The number of esters is 1. The Kier molecular flexibility index (Phi) is 6.36.